The van der Waals surface area contributed by atoms with E-state index in [-0.39, 0.29) is 11.8 Å². The van der Waals surface area contributed by atoms with E-state index in [1.165, 1.54) is 5.56 Å². The van der Waals surface area contributed by atoms with Gasteiger partial charge in [-0.15, -0.1) is 0 Å². The van der Waals surface area contributed by atoms with Gasteiger partial charge in [-0.05, 0) is 30.9 Å². The van der Waals surface area contributed by atoms with Gasteiger partial charge in [0, 0.05) is 13.1 Å². The quantitative estimate of drug-likeness (QED) is 0.902. The van der Waals surface area contributed by atoms with Crippen molar-refractivity contribution < 1.29 is 9.53 Å². The predicted octanol–water partition coefficient (Wildman–Crippen LogP) is 1.96. The Morgan fingerprint density at radius 1 is 1.53 bits per heavy atom. The number of benzene rings is 1. The number of carbonyl (C=O) groups is 1. The van der Waals surface area contributed by atoms with Crippen LogP contribution >= 0.6 is 0 Å². The molecule has 19 heavy (non-hydrogen) atoms. The summed E-state index contributed by atoms with van der Waals surface area (Å²) >= 11 is 0. The van der Waals surface area contributed by atoms with E-state index in [1.807, 2.05) is 24.0 Å². The maximum absolute atomic E-state index is 12.6. The highest BCUT2D eigenvalue weighted by Gasteiger charge is 2.29. The van der Waals surface area contributed by atoms with Crippen molar-refractivity contribution in [2.75, 3.05) is 25.1 Å². The second-order valence-electron chi connectivity index (χ2n) is 4.90. The fourth-order valence-corrected chi connectivity index (χ4v) is 2.66. The number of rotatable bonds is 4. The molecule has 2 rings (SSSR count). The number of aryl methyl sites for hydroxylation is 1. The van der Waals surface area contributed by atoms with Crippen LogP contribution in [0.3, 0.4) is 0 Å². The van der Waals surface area contributed by atoms with Crippen molar-refractivity contribution in [2.24, 2.45) is 11.7 Å². The lowest BCUT2D eigenvalue weighted by Crippen LogP contribution is -2.42. The Morgan fingerprint density at radius 2 is 2.32 bits per heavy atom. The molecule has 1 aliphatic heterocycles. The highest BCUT2D eigenvalue weighted by Crippen LogP contribution is 2.36. The molecule has 1 aromatic rings. The number of amides is 1. The van der Waals surface area contributed by atoms with Gasteiger partial charge in [0.25, 0.3) is 0 Å². The molecule has 4 nitrogen and oxygen atoms in total. The Labute approximate surface area is 114 Å². The van der Waals surface area contributed by atoms with Gasteiger partial charge in [-0.1, -0.05) is 19.1 Å². The average Bonchev–Trinajstić information content (AvgIpc) is 2.47. The van der Waals surface area contributed by atoms with Crippen LogP contribution in [0.25, 0.3) is 0 Å². The summed E-state index contributed by atoms with van der Waals surface area (Å²) in [4.78, 5) is 14.4. The van der Waals surface area contributed by atoms with Crippen LogP contribution in [0.5, 0.6) is 5.75 Å². The molecule has 0 spiro atoms. The number of carbonyl (C=O) groups excluding carboxylic acids is 1. The lowest BCUT2D eigenvalue weighted by atomic mass is 9.97. The number of methoxy groups -OCH3 is 1. The average molecular weight is 262 g/mol. The van der Waals surface area contributed by atoms with E-state index in [2.05, 4.69) is 6.07 Å². The van der Waals surface area contributed by atoms with Crippen molar-refractivity contribution in [1.82, 2.24) is 0 Å². The van der Waals surface area contributed by atoms with Crippen molar-refractivity contribution in [3.63, 3.8) is 0 Å². The molecule has 0 aliphatic carbocycles. The van der Waals surface area contributed by atoms with Crippen molar-refractivity contribution >= 4 is 11.6 Å². The molecule has 0 radical (unpaired) electrons. The molecule has 1 heterocycles. The normalized spacial score (nSPS) is 15.8. The van der Waals surface area contributed by atoms with Gasteiger partial charge in [0.2, 0.25) is 5.91 Å². The van der Waals surface area contributed by atoms with Gasteiger partial charge in [0.15, 0.2) is 0 Å². The molecule has 104 valence electrons. The first-order valence-electron chi connectivity index (χ1n) is 6.90. The lowest BCUT2D eigenvalue weighted by Gasteiger charge is -2.33. The third-order valence-electron chi connectivity index (χ3n) is 3.79. The lowest BCUT2D eigenvalue weighted by molar-refractivity contribution is -0.122. The number of anilines is 1. The molecular formula is C15H22N2O2. The van der Waals surface area contributed by atoms with Crippen molar-refractivity contribution in [2.45, 2.75) is 26.2 Å². The second kappa shape index (κ2) is 6.06. The maximum Gasteiger partial charge on any atom is 0.231 e. The number of fused-ring (bicyclic) bond motifs is 1. The molecular weight excluding hydrogens is 240 g/mol. The van der Waals surface area contributed by atoms with Crippen LogP contribution in [0.15, 0.2) is 18.2 Å². The van der Waals surface area contributed by atoms with Crippen molar-refractivity contribution in [3.8, 4) is 5.75 Å². The summed E-state index contributed by atoms with van der Waals surface area (Å²) in [6.07, 6.45) is 2.76. The Morgan fingerprint density at radius 3 is 2.95 bits per heavy atom. The van der Waals surface area contributed by atoms with E-state index < -0.39 is 0 Å². The third-order valence-corrected chi connectivity index (χ3v) is 3.79. The molecule has 1 aromatic carbocycles. The molecule has 4 heteroatoms. The zero-order valence-corrected chi connectivity index (χ0v) is 11.7. The SMILES string of the molecule is CCC(CN)C(=O)N1CCCc2cccc(OC)c21. The van der Waals surface area contributed by atoms with Gasteiger partial charge in [-0.25, -0.2) is 0 Å². The Hall–Kier alpha value is -1.55. The molecule has 1 unspecified atom stereocenters. The molecule has 1 amide bonds. The summed E-state index contributed by atoms with van der Waals surface area (Å²) in [6, 6.07) is 5.96. The molecule has 2 N–H and O–H groups in total. The molecule has 0 aromatic heterocycles. The van der Waals surface area contributed by atoms with Gasteiger partial charge >= 0.3 is 0 Å². The second-order valence-corrected chi connectivity index (χ2v) is 4.90. The van der Waals surface area contributed by atoms with Crippen LogP contribution in [0, 0.1) is 5.92 Å². The van der Waals surface area contributed by atoms with Crippen LogP contribution in [-0.4, -0.2) is 26.1 Å². The van der Waals surface area contributed by atoms with E-state index in [9.17, 15) is 4.79 Å². The fourth-order valence-electron chi connectivity index (χ4n) is 2.66. The summed E-state index contributed by atoms with van der Waals surface area (Å²) in [6.45, 7) is 3.15. The zero-order chi connectivity index (χ0) is 13.8. The summed E-state index contributed by atoms with van der Waals surface area (Å²) in [5, 5.41) is 0. The smallest absolute Gasteiger partial charge is 0.231 e. The number of nitrogens with two attached hydrogens (primary N) is 1. The van der Waals surface area contributed by atoms with E-state index in [0.29, 0.717) is 6.54 Å². The maximum atomic E-state index is 12.6. The number of hydrogen-bond donors (Lipinski definition) is 1. The fraction of sp³-hybridized carbons (Fsp3) is 0.533. The van der Waals surface area contributed by atoms with Crippen LogP contribution in [-0.2, 0) is 11.2 Å². The number of hydrogen-bond acceptors (Lipinski definition) is 3. The van der Waals surface area contributed by atoms with E-state index in [4.69, 9.17) is 10.5 Å². The minimum atomic E-state index is -0.101. The van der Waals surface area contributed by atoms with Crippen molar-refractivity contribution in [3.05, 3.63) is 23.8 Å². The van der Waals surface area contributed by atoms with Gasteiger partial charge in [0.1, 0.15) is 5.75 Å². The Kier molecular flexibility index (Phi) is 4.43. The number of ether oxygens (including phenoxy) is 1. The monoisotopic (exact) mass is 262 g/mol. The minimum absolute atomic E-state index is 0.101. The molecule has 0 saturated carbocycles. The summed E-state index contributed by atoms with van der Waals surface area (Å²) in [7, 11) is 1.65. The van der Waals surface area contributed by atoms with Crippen molar-refractivity contribution in [1.29, 1.82) is 0 Å². The molecule has 0 fully saturated rings. The molecule has 0 bridgehead atoms. The topological polar surface area (TPSA) is 55.6 Å². The first kappa shape index (κ1) is 13.9. The first-order chi connectivity index (χ1) is 9.22. The molecule has 0 saturated heterocycles. The van der Waals surface area contributed by atoms with Gasteiger partial charge in [-0.2, -0.15) is 0 Å². The van der Waals surface area contributed by atoms with Crippen LogP contribution in [0.1, 0.15) is 25.3 Å². The summed E-state index contributed by atoms with van der Waals surface area (Å²) < 4.78 is 5.41. The van der Waals surface area contributed by atoms with Gasteiger partial charge in [0.05, 0.1) is 18.7 Å². The standard InChI is InChI=1S/C15H22N2O2/c1-3-11(10-16)15(18)17-9-5-7-12-6-4-8-13(19-2)14(12)17/h4,6,8,11H,3,5,7,9-10,16H2,1-2H3. The Balaban J connectivity index is 2.38. The van der Waals surface area contributed by atoms with Gasteiger partial charge < -0.3 is 15.4 Å². The predicted molar refractivity (Wildman–Crippen MR) is 76.5 cm³/mol. The third kappa shape index (κ3) is 2.59. The van der Waals surface area contributed by atoms with Crippen LogP contribution in [0.4, 0.5) is 5.69 Å². The van der Waals surface area contributed by atoms with Gasteiger partial charge in [-0.3, -0.25) is 4.79 Å². The van der Waals surface area contributed by atoms with Crippen LogP contribution in [0.2, 0.25) is 0 Å². The van der Waals surface area contributed by atoms with E-state index in [1.54, 1.807) is 7.11 Å². The number of nitrogens with zero attached hydrogens (tertiary/aromatic N) is 1. The van der Waals surface area contributed by atoms with Crippen LogP contribution < -0.4 is 15.4 Å². The Bertz CT molecular complexity index is 441. The van der Waals surface area contributed by atoms with E-state index in [0.717, 1.165) is 37.2 Å². The highest BCUT2D eigenvalue weighted by atomic mass is 16.5. The highest BCUT2D eigenvalue weighted by molar-refractivity contribution is 5.97. The minimum Gasteiger partial charge on any atom is -0.495 e. The summed E-state index contributed by atoms with van der Waals surface area (Å²) in [5.74, 6) is 0.795. The largest absolute Gasteiger partial charge is 0.495 e. The van der Waals surface area contributed by atoms with E-state index >= 15 is 0 Å². The first-order valence-corrected chi connectivity index (χ1v) is 6.90. The molecule has 1 atom stereocenters. The zero-order valence-electron chi connectivity index (χ0n) is 11.7. The summed E-state index contributed by atoms with van der Waals surface area (Å²) in [5.41, 5.74) is 7.83. The number of para-hydroxylation sites is 1. The molecule has 1 aliphatic rings.